The van der Waals surface area contributed by atoms with Gasteiger partial charge in [-0.05, 0) is 42.1 Å². The third kappa shape index (κ3) is 3.02. The third-order valence-corrected chi connectivity index (χ3v) is 4.03. The van der Waals surface area contributed by atoms with Crippen molar-refractivity contribution in [2.45, 2.75) is 19.4 Å². The zero-order chi connectivity index (χ0) is 13.8. The molecule has 2 heteroatoms. The molecule has 104 valence electrons. The van der Waals surface area contributed by atoms with Crippen LogP contribution in [-0.2, 0) is 19.4 Å². The predicted octanol–water partition coefficient (Wildman–Crippen LogP) is 3.01. The molecule has 0 aromatic heterocycles. The third-order valence-electron chi connectivity index (χ3n) is 4.03. The maximum Gasteiger partial charge on any atom is 0.0397 e. The monoisotopic (exact) mass is 266 g/mol. The first-order chi connectivity index (χ1) is 9.83. The van der Waals surface area contributed by atoms with Crippen LogP contribution in [0.2, 0.25) is 0 Å². The van der Waals surface area contributed by atoms with Crippen LogP contribution in [0.1, 0.15) is 16.7 Å². The van der Waals surface area contributed by atoms with E-state index in [9.17, 15) is 0 Å². The van der Waals surface area contributed by atoms with Gasteiger partial charge in [0, 0.05) is 25.8 Å². The normalized spacial score (nSPS) is 13.6. The smallest absolute Gasteiger partial charge is 0.0397 e. The van der Waals surface area contributed by atoms with Crippen LogP contribution in [0.25, 0.3) is 0 Å². The standard InChI is InChI=1S/C18H22N2/c1-20-12-10-17-13-16(7-8-18(17)20)14-19-11-9-15-5-3-2-4-6-15/h2-8,13,19H,9-12,14H2,1H3. The van der Waals surface area contributed by atoms with E-state index in [4.69, 9.17) is 0 Å². The number of anilines is 1. The molecule has 0 amide bonds. The molecule has 0 unspecified atom stereocenters. The van der Waals surface area contributed by atoms with Gasteiger partial charge in [0.05, 0.1) is 0 Å². The molecule has 20 heavy (non-hydrogen) atoms. The summed E-state index contributed by atoms with van der Waals surface area (Å²) < 4.78 is 0. The molecule has 0 aliphatic carbocycles. The second kappa shape index (κ2) is 6.10. The van der Waals surface area contributed by atoms with Gasteiger partial charge in [-0.25, -0.2) is 0 Å². The summed E-state index contributed by atoms with van der Waals surface area (Å²) in [7, 11) is 2.17. The van der Waals surface area contributed by atoms with Crippen molar-refractivity contribution in [3.8, 4) is 0 Å². The second-order valence-corrected chi connectivity index (χ2v) is 5.55. The average Bonchev–Trinajstić information content (AvgIpc) is 2.86. The minimum Gasteiger partial charge on any atom is -0.374 e. The van der Waals surface area contributed by atoms with Crippen LogP contribution in [0.15, 0.2) is 48.5 Å². The number of benzene rings is 2. The predicted molar refractivity (Wildman–Crippen MR) is 85.3 cm³/mol. The van der Waals surface area contributed by atoms with Crippen LogP contribution >= 0.6 is 0 Å². The summed E-state index contributed by atoms with van der Waals surface area (Å²) in [5, 5.41) is 3.54. The van der Waals surface area contributed by atoms with Gasteiger partial charge in [-0.15, -0.1) is 0 Å². The molecule has 2 aromatic rings. The van der Waals surface area contributed by atoms with Crippen molar-refractivity contribution >= 4 is 5.69 Å². The van der Waals surface area contributed by atoms with Gasteiger partial charge >= 0.3 is 0 Å². The van der Waals surface area contributed by atoms with Crippen molar-refractivity contribution in [3.63, 3.8) is 0 Å². The molecule has 2 aromatic carbocycles. The maximum absolute atomic E-state index is 3.54. The first-order valence-corrected chi connectivity index (χ1v) is 7.40. The zero-order valence-corrected chi connectivity index (χ0v) is 12.1. The van der Waals surface area contributed by atoms with Gasteiger partial charge in [-0.1, -0.05) is 42.5 Å². The molecule has 3 rings (SSSR count). The van der Waals surface area contributed by atoms with Gasteiger partial charge in [0.25, 0.3) is 0 Å². The first kappa shape index (κ1) is 13.2. The Hall–Kier alpha value is -1.80. The Bertz CT molecular complexity index is 563. The van der Waals surface area contributed by atoms with Gasteiger partial charge < -0.3 is 10.2 Å². The van der Waals surface area contributed by atoms with E-state index in [0.29, 0.717) is 0 Å². The molecule has 1 N–H and O–H groups in total. The quantitative estimate of drug-likeness (QED) is 0.837. The Labute approximate surface area is 121 Å². The summed E-state index contributed by atoms with van der Waals surface area (Å²) in [4.78, 5) is 2.34. The summed E-state index contributed by atoms with van der Waals surface area (Å²) in [6.45, 7) is 3.14. The van der Waals surface area contributed by atoms with Crippen molar-refractivity contribution in [2.24, 2.45) is 0 Å². The van der Waals surface area contributed by atoms with E-state index >= 15 is 0 Å². The Morgan fingerprint density at radius 3 is 2.75 bits per heavy atom. The minimum atomic E-state index is 0.962. The highest BCUT2D eigenvalue weighted by Gasteiger charge is 2.15. The molecule has 1 aliphatic heterocycles. The summed E-state index contributed by atoms with van der Waals surface area (Å²) in [6.07, 6.45) is 2.28. The lowest BCUT2D eigenvalue weighted by Crippen LogP contribution is -2.16. The first-order valence-electron chi connectivity index (χ1n) is 7.40. The van der Waals surface area contributed by atoms with Crippen LogP contribution in [0.3, 0.4) is 0 Å². The SMILES string of the molecule is CN1CCc2cc(CNCCc3ccccc3)ccc21. The fraction of sp³-hybridized carbons (Fsp3) is 0.333. The maximum atomic E-state index is 3.54. The van der Waals surface area contributed by atoms with Crippen molar-refractivity contribution in [3.05, 3.63) is 65.2 Å². The average molecular weight is 266 g/mol. The summed E-state index contributed by atoms with van der Waals surface area (Å²) in [5.74, 6) is 0. The molecule has 2 nitrogen and oxygen atoms in total. The van der Waals surface area contributed by atoms with E-state index in [0.717, 1.165) is 26.1 Å². The van der Waals surface area contributed by atoms with E-state index in [2.05, 4.69) is 65.8 Å². The van der Waals surface area contributed by atoms with Gasteiger partial charge in [-0.2, -0.15) is 0 Å². The zero-order valence-electron chi connectivity index (χ0n) is 12.1. The van der Waals surface area contributed by atoms with Crippen molar-refractivity contribution in [2.75, 3.05) is 25.0 Å². The summed E-state index contributed by atoms with van der Waals surface area (Å²) in [6, 6.07) is 17.5. The molecule has 1 aliphatic rings. The van der Waals surface area contributed by atoms with Gasteiger partial charge in [0.1, 0.15) is 0 Å². The number of nitrogens with one attached hydrogen (secondary N) is 1. The molecule has 0 spiro atoms. The van der Waals surface area contributed by atoms with E-state index < -0.39 is 0 Å². The highest BCUT2D eigenvalue weighted by Crippen LogP contribution is 2.27. The second-order valence-electron chi connectivity index (χ2n) is 5.55. The lowest BCUT2D eigenvalue weighted by molar-refractivity contribution is 0.686. The number of likely N-dealkylation sites (N-methyl/N-ethyl adjacent to an activating group) is 1. The number of fused-ring (bicyclic) bond motifs is 1. The number of nitrogens with zero attached hydrogens (tertiary/aromatic N) is 1. The molecule has 1 heterocycles. The van der Waals surface area contributed by atoms with Crippen LogP contribution in [-0.4, -0.2) is 20.1 Å². The van der Waals surface area contributed by atoms with Crippen molar-refractivity contribution in [1.29, 1.82) is 0 Å². The van der Waals surface area contributed by atoms with Crippen LogP contribution in [0.4, 0.5) is 5.69 Å². The highest BCUT2D eigenvalue weighted by molar-refractivity contribution is 5.58. The van der Waals surface area contributed by atoms with E-state index in [1.165, 1.54) is 28.8 Å². The topological polar surface area (TPSA) is 15.3 Å². The molecular formula is C18H22N2. The Morgan fingerprint density at radius 2 is 1.90 bits per heavy atom. The van der Waals surface area contributed by atoms with Crippen LogP contribution in [0.5, 0.6) is 0 Å². The Morgan fingerprint density at radius 1 is 1.05 bits per heavy atom. The fourth-order valence-corrected chi connectivity index (χ4v) is 2.84. The van der Waals surface area contributed by atoms with Crippen molar-refractivity contribution < 1.29 is 0 Å². The molecule has 0 fully saturated rings. The molecule has 0 bridgehead atoms. The summed E-state index contributed by atoms with van der Waals surface area (Å²) in [5.41, 5.74) is 5.69. The van der Waals surface area contributed by atoms with Gasteiger partial charge in [0.15, 0.2) is 0 Å². The molecular weight excluding hydrogens is 244 g/mol. The van der Waals surface area contributed by atoms with Gasteiger partial charge in [-0.3, -0.25) is 0 Å². The van der Waals surface area contributed by atoms with E-state index in [1.54, 1.807) is 0 Å². The Balaban J connectivity index is 1.50. The number of hydrogen-bond donors (Lipinski definition) is 1. The number of hydrogen-bond acceptors (Lipinski definition) is 2. The molecule has 0 radical (unpaired) electrons. The van der Waals surface area contributed by atoms with E-state index in [1.807, 2.05) is 0 Å². The fourth-order valence-electron chi connectivity index (χ4n) is 2.84. The number of rotatable bonds is 5. The minimum absolute atomic E-state index is 0.962. The molecule has 0 saturated heterocycles. The summed E-state index contributed by atoms with van der Waals surface area (Å²) >= 11 is 0. The Kier molecular flexibility index (Phi) is 4.03. The van der Waals surface area contributed by atoms with E-state index in [-0.39, 0.29) is 0 Å². The molecule has 0 saturated carbocycles. The highest BCUT2D eigenvalue weighted by atomic mass is 15.1. The lowest BCUT2D eigenvalue weighted by atomic mass is 10.1. The van der Waals surface area contributed by atoms with Crippen molar-refractivity contribution in [1.82, 2.24) is 5.32 Å². The van der Waals surface area contributed by atoms with Crippen LogP contribution < -0.4 is 10.2 Å². The van der Waals surface area contributed by atoms with Crippen LogP contribution in [0, 0.1) is 0 Å². The largest absolute Gasteiger partial charge is 0.374 e. The van der Waals surface area contributed by atoms with Gasteiger partial charge in [0.2, 0.25) is 0 Å². The molecule has 0 atom stereocenters. The lowest BCUT2D eigenvalue weighted by Gasteiger charge is -2.12.